The molecule has 0 saturated carbocycles. The predicted molar refractivity (Wildman–Crippen MR) is 102 cm³/mol. The molecule has 0 bridgehead atoms. The molecule has 1 aromatic rings. The van der Waals surface area contributed by atoms with Crippen molar-refractivity contribution in [2.45, 2.75) is 44.5 Å². The van der Waals surface area contributed by atoms with E-state index in [2.05, 4.69) is 18.7 Å². The third-order valence-corrected chi connectivity index (χ3v) is 6.08. The molecule has 1 N–H and O–H groups in total. The molecule has 3 heterocycles. The number of β-amino-alcohol motifs (C(OH)–C–C–N with tert-alkyl or cyclic N) is 1. The Morgan fingerprint density at radius 3 is 2.70 bits per heavy atom. The quantitative estimate of drug-likeness (QED) is 0.785. The third kappa shape index (κ3) is 3.18. The highest BCUT2D eigenvalue weighted by atomic mass is 35.5. The summed E-state index contributed by atoms with van der Waals surface area (Å²) in [4.78, 5) is 32.1. The summed E-state index contributed by atoms with van der Waals surface area (Å²) in [6.45, 7) is 7.10. The molecule has 1 spiro atoms. The van der Waals surface area contributed by atoms with Gasteiger partial charge in [0, 0.05) is 31.2 Å². The van der Waals surface area contributed by atoms with Crippen LogP contribution in [0.5, 0.6) is 0 Å². The SMILES string of the molecule is CC(C)CN1CC2(C1)C(=O)N(Cc1cccc(Cl)c1)C(=O)C1CC(O)CN12. The first-order valence-corrected chi connectivity index (χ1v) is 9.95. The number of aliphatic hydroxyl groups is 1. The van der Waals surface area contributed by atoms with Gasteiger partial charge in [-0.25, -0.2) is 0 Å². The lowest BCUT2D eigenvalue weighted by atomic mass is 9.82. The summed E-state index contributed by atoms with van der Waals surface area (Å²) in [5.41, 5.74) is 0.147. The van der Waals surface area contributed by atoms with E-state index in [-0.39, 0.29) is 18.4 Å². The summed E-state index contributed by atoms with van der Waals surface area (Å²) >= 11 is 6.07. The number of rotatable bonds is 4. The fraction of sp³-hybridized carbons (Fsp3) is 0.600. The molecule has 146 valence electrons. The molecule has 3 aliphatic rings. The number of piperazine rings is 1. The summed E-state index contributed by atoms with van der Waals surface area (Å²) in [5.74, 6) is 0.174. The van der Waals surface area contributed by atoms with Crippen LogP contribution in [0.3, 0.4) is 0 Å². The second-order valence-corrected chi connectivity index (χ2v) is 8.95. The molecule has 7 heteroatoms. The topological polar surface area (TPSA) is 64.1 Å². The van der Waals surface area contributed by atoms with Gasteiger partial charge in [-0.1, -0.05) is 37.6 Å². The normalized spacial score (nSPS) is 28.1. The molecular formula is C20H26ClN3O3. The number of hydrogen-bond donors (Lipinski definition) is 1. The standard InChI is InChI=1S/C20H26ClN3O3/c1-13(2)8-22-11-20(12-22)19(27)23(9-14-4-3-5-15(21)6-14)18(26)17-7-16(25)10-24(17)20/h3-6,13,16-17,25H,7-12H2,1-2H3. The lowest BCUT2D eigenvalue weighted by Crippen LogP contribution is -2.81. The second-order valence-electron chi connectivity index (χ2n) is 8.51. The number of imide groups is 1. The number of halogens is 1. The highest BCUT2D eigenvalue weighted by molar-refractivity contribution is 6.30. The average molecular weight is 392 g/mol. The zero-order valence-electron chi connectivity index (χ0n) is 15.8. The fourth-order valence-electron chi connectivity index (χ4n) is 4.80. The Hall–Kier alpha value is -1.47. The molecule has 3 aliphatic heterocycles. The molecule has 6 nitrogen and oxygen atoms in total. The minimum atomic E-state index is -0.691. The maximum absolute atomic E-state index is 13.4. The Balaban J connectivity index is 1.61. The minimum Gasteiger partial charge on any atom is -0.392 e. The Labute approximate surface area is 164 Å². The van der Waals surface area contributed by atoms with Crippen molar-refractivity contribution in [3.05, 3.63) is 34.9 Å². The van der Waals surface area contributed by atoms with Gasteiger partial charge in [0.2, 0.25) is 5.91 Å². The van der Waals surface area contributed by atoms with Crippen molar-refractivity contribution in [1.29, 1.82) is 0 Å². The van der Waals surface area contributed by atoms with E-state index in [1.54, 1.807) is 12.1 Å². The number of aliphatic hydroxyl groups excluding tert-OH is 1. The Morgan fingerprint density at radius 2 is 2.04 bits per heavy atom. The zero-order valence-corrected chi connectivity index (χ0v) is 16.5. The fourth-order valence-corrected chi connectivity index (χ4v) is 5.01. The highest BCUT2D eigenvalue weighted by Gasteiger charge is 2.64. The molecule has 0 radical (unpaired) electrons. The van der Waals surface area contributed by atoms with Crippen LogP contribution in [-0.4, -0.2) is 75.5 Å². The van der Waals surface area contributed by atoms with Crippen LogP contribution in [0.15, 0.2) is 24.3 Å². The number of amides is 2. The van der Waals surface area contributed by atoms with E-state index in [0.29, 0.717) is 37.0 Å². The van der Waals surface area contributed by atoms with Crippen LogP contribution in [0.2, 0.25) is 5.02 Å². The molecule has 2 unspecified atom stereocenters. The van der Waals surface area contributed by atoms with Gasteiger partial charge in [-0.3, -0.25) is 24.3 Å². The van der Waals surface area contributed by atoms with Crippen LogP contribution >= 0.6 is 11.6 Å². The summed E-state index contributed by atoms with van der Waals surface area (Å²) in [6, 6.07) is 6.85. The maximum Gasteiger partial charge on any atom is 0.252 e. The van der Waals surface area contributed by atoms with Gasteiger partial charge < -0.3 is 5.11 Å². The predicted octanol–water partition coefficient (Wildman–Crippen LogP) is 1.35. The molecular weight excluding hydrogens is 366 g/mol. The van der Waals surface area contributed by atoms with Crippen LogP contribution in [0.4, 0.5) is 0 Å². The summed E-state index contributed by atoms with van der Waals surface area (Å²) in [6.07, 6.45) is -0.168. The number of carbonyl (C=O) groups is 2. The molecule has 2 amide bonds. The number of hydrogen-bond acceptors (Lipinski definition) is 5. The van der Waals surface area contributed by atoms with Gasteiger partial charge in [-0.15, -0.1) is 0 Å². The molecule has 1 aromatic carbocycles. The minimum absolute atomic E-state index is 0.141. The van der Waals surface area contributed by atoms with Gasteiger partial charge in [-0.2, -0.15) is 0 Å². The van der Waals surface area contributed by atoms with Gasteiger partial charge in [0.05, 0.1) is 18.7 Å². The van der Waals surface area contributed by atoms with E-state index in [0.717, 1.165) is 12.1 Å². The van der Waals surface area contributed by atoms with Crippen molar-refractivity contribution in [3.8, 4) is 0 Å². The largest absolute Gasteiger partial charge is 0.392 e. The van der Waals surface area contributed by atoms with E-state index in [1.165, 1.54) is 4.90 Å². The molecule has 3 fully saturated rings. The van der Waals surface area contributed by atoms with E-state index in [4.69, 9.17) is 11.6 Å². The number of carbonyl (C=O) groups excluding carboxylic acids is 2. The molecule has 0 aliphatic carbocycles. The maximum atomic E-state index is 13.4. The van der Waals surface area contributed by atoms with E-state index >= 15 is 0 Å². The van der Waals surface area contributed by atoms with Crippen molar-refractivity contribution in [1.82, 2.24) is 14.7 Å². The van der Waals surface area contributed by atoms with Crippen molar-refractivity contribution >= 4 is 23.4 Å². The lowest BCUT2D eigenvalue weighted by molar-refractivity contribution is -0.181. The van der Waals surface area contributed by atoms with Crippen LogP contribution in [0.1, 0.15) is 25.8 Å². The number of benzene rings is 1. The summed E-state index contributed by atoms with van der Waals surface area (Å²) < 4.78 is 0. The van der Waals surface area contributed by atoms with Crippen molar-refractivity contribution in [2.75, 3.05) is 26.2 Å². The van der Waals surface area contributed by atoms with Gasteiger partial charge in [-0.05, 0) is 30.0 Å². The first kappa shape index (κ1) is 18.9. The molecule has 4 rings (SSSR count). The highest BCUT2D eigenvalue weighted by Crippen LogP contribution is 2.41. The number of nitrogens with zero attached hydrogens (tertiary/aromatic N) is 3. The van der Waals surface area contributed by atoms with Crippen molar-refractivity contribution in [2.24, 2.45) is 5.92 Å². The van der Waals surface area contributed by atoms with Crippen LogP contribution in [0.25, 0.3) is 0 Å². The average Bonchev–Trinajstić information content (AvgIpc) is 2.95. The molecule has 27 heavy (non-hydrogen) atoms. The van der Waals surface area contributed by atoms with Crippen molar-refractivity contribution in [3.63, 3.8) is 0 Å². The molecule has 0 aromatic heterocycles. The van der Waals surface area contributed by atoms with Crippen molar-refractivity contribution < 1.29 is 14.7 Å². The third-order valence-electron chi connectivity index (χ3n) is 5.85. The Morgan fingerprint density at radius 1 is 1.30 bits per heavy atom. The summed E-state index contributed by atoms with van der Waals surface area (Å²) in [7, 11) is 0. The first-order chi connectivity index (χ1) is 12.8. The Bertz CT molecular complexity index is 763. The van der Waals surface area contributed by atoms with E-state index in [9.17, 15) is 14.7 Å². The van der Waals surface area contributed by atoms with Gasteiger partial charge >= 0.3 is 0 Å². The van der Waals surface area contributed by atoms with Crippen LogP contribution in [0, 0.1) is 5.92 Å². The van der Waals surface area contributed by atoms with Gasteiger partial charge in [0.25, 0.3) is 5.91 Å². The lowest BCUT2D eigenvalue weighted by Gasteiger charge is -2.59. The number of fused-ring (bicyclic) bond motifs is 2. The Kier molecular flexibility index (Phi) is 4.79. The van der Waals surface area contributed by atoms with Gasteiger partial charge in [0.1, 0.15) is 5.54 Å². The summed E-state index contributed by atoms with van der Waals surface area (Å²) in [5, 5.41) is 10.8. The monoisotopic (exact) mass is 391 g/mol. The van der Waals surface area contributed by atoms with E-state index in [1.807, 2.05) is 17.0 Å². The zero-order chi connectivity index (χ0) is 19.3. The van der Waals surface area contributed by atoms with Crippen LogP contribution < -0.4 is 0 Å². The van der Waals surface area contributed by atoms with Crippen LogP contribution in [-0.2, 0) is 16.1 Å². The molecule has 3 saturated heterocycles. The smallest absolute Gasteiger partial charge is 0.252 e. The second kappa shape index (κ2) is 6.85. The molecule has 2 atom stereocenters. The number of likely N-dealkylation sites (tertiary alicyclic amines) is 1. The van der Waals surface area contributed by atoms with E-state index < -0.39 is 17.7 Å². The first-order valence-electron chi connectivity index (χ1n) is 9.57. The van der Waals surface area contributed by atoms with Gasteiger partial charge in [0.15, 0.2) is 0 Å².